The van der Waals surface area contributed by atoms with E-state index in [9.17, 15) is 4.79 Å². The van der Waals surface area contributed by atoms with E-state index in [1.165, 1.54) is 5.56 Å². The summed E-state index contributed by atoms with van der Waals surface area (Å²) in [5.74, 6) is 0. The number of aromatic amines is 1. The molecule has 0 bridgehead atoms. The highest BCUT2D eigenvalue weighted by atomic mass is 79.9. The number of carbonyl (C=O) groups is 1. The summed E-state index contributed by atoms with van der Waals surface area (Å²) in [6, 6.07) is 7.91. The minimum atomic E-state index is -0.359. The molecule has 1 atom stereocenters. The van der Waals surface area contributed by atoms with E-state index in [-0.39, 0.29) is 12.1 Å². The molecule has 2 aromatic rings. The average molecular weight is 442 g/mol. The zero-order chi connectivity index (χ0) is 16.4. The van der Waals surface area contributed by atoms with E-state index in [2.05, 4.69) is 53.9 Å². The molecule has 1 aromatic carbocycles. The van der Waals surface area contributed by atoms with E-state index < -0.39 is 0 Å². The van der Waals surface area contributed by atoms with Crippen LogP contribution < -0.4 is 5.73 Å². The van der Waals surface area contributed by atoms with Gasteiger partial charge in [-0.1, -0.05) is 6.07 Å². The molecular formula is C16H18Br2N4O. The predicted octanol–water partition coefficient (Wildman–Crippen LogP) is 3.48. The van der Waals surface area contributed by atoms with E-state index in [0.29, 0.717) is 6.54 Å². The maximum Gasteiger partial charge on any atom is 0.315 e. The van der Waals surface area contributed by atoms with Gasteiger partial charge in [0.2, 0.25) is 0 Å². The van der Waals surface area contributed by atoms with Crippen molar-refractivity contribution in [1.82, 2.24) is 14.8 Å². The largest absolute Gasteiger partial charge is 0.367 e. The van der Waals surface area contributed by atoms with Crippen LogP contribution in [0.3, 0.4) is 0 Å². The lowest BCUT2D eigenvalue weighted by Gasteiger charge is -2.40. The number of nitrogens with one attached hydrogen (secondary N) is 1. The third-order valence-electron chi connectivity index (χ3n) is 4.14. The zero-order valence-corrected chi connectivity index (χ0v) is 15.7. The van der Waals surface area contributed by atoms with Crippen LogP contribution in [0.4, 0.5) is 4.79 Å². The first-order chi connectivity index (χ1) is 11.0. The summed E-state index contributed by atoms with van der Waals surface area (Å²) >= 11 is 7.04. The molecule has 1 saturated heterocycles. The molecule has 3 rings (SSSR count). The molecule has 1 aliphatic heterocycles. The Labute approximate surface area is 152 Å². The summed E-state index contributed by atoms with van der Waals surface area (Å²) in [5.41, 5.74) is 7.87. The normalized spacial score (nSPS) is 19.0. The number of nitrogens with two attached hydrogens (primary N) is 1. The molecule has 5 nitrogen and oxygen atoms in total. The number of hydrogen-bond acceptors (Lipinski definition) is 2. The SMILES string of the molecule is NC(=O)N1CCN(Cc2ccc(Br)c(Br)c2)CC1c1cc[nH]c1. The Hall–Kier alpha value is -1.31. The summed E-state index contributed by atoms with van der Waals surface area (Å²) in [6.45, 7) is 3.08. The molecule has 1 fully saturated rings. The lowest BCUT2D eigenvalue weighted by Crippen LogP contribution is -2.51. The Morgan fingerprint density at radius 3 is 2.74 bits per heavy atom. The molecule has 1 unspecified atom stereocenters. The first-order valence-corrected chi connectivity index (χ1v) is 8.98. The lowest BCUT2D eigenvalue weighted by molar-refractivity contribution is 0.0939. The van der Waals surface area contributed by atoms with Crippen molar-refractivity contribution in [2.24, 2.45) is 5.73 Å². The van der Waals surface area contributed by atoms with Gasteiger partial charge in [-0.2, -0.15) is 0 Å². The number of nitrogens with zero attached hydrogens (tertiary/aromatic N) is 2. The summed E-state index contributed by atoms with van der Waals surface area (Å²) < 4.78 is 2.10. The number of carbonyl (C=O) groups excluding carboxylic acids is 1. The number of urea groups is 1. The Morgan fingerprint density at radius 1 is 1.26 bits per heavy atom. The Morgan fingerprint density at radius 2 is 2.09 bits per heavy atom. The predicted molar refractivity (Wildman–Crippen MR) is 96.9 cm³/mol. The van der Waals surface area contributed by atoms with Crippen LogP contribution >= 0.6 is 31.9 Å². The molecular weight excluding hydrogens is 424 g/mol. The molecule has 0 saturated carbocycles. The second-order valence-corrected chi connectivity index (χ2v) is 7.38. The van der Waals surface area contributed by atoms with Gasteiger partial charge in [0.05, 0.1) is 6.04 Å². The van der Waals surface area contributed by atoms with Gasteiger partial charge in [-0.25, -0.2) is 4.79 Å². The van der Waals surface area contributed by atoms with Gasteiger partial charge in [-0.15, -0.1) is 0 Å². The summed E-state index contributed by atoms with van der Waals surface area (Å²) in [7, 11) is 0. The molecule has 122 valence electrons. The molecule has 3 N–H and O–H groups in total. The molecule has 23 heavy (non-hydrogen) atoms. The number of H-pyrrole nitrogens is 1. The number of piperazine rings is 1. The Kier molecular flexibility index (Phi) is 5.08. The second kappa shape index (κ2) is 7.07. The highest BCUT2D eigenvalue weighted by molar-refractivity contribution is 9.13. The van der Waals surface area contributed by atoms with Crippen LogP contribution in [0.1, 0.15) is 17.2 Å². The fraction of sp³-hybridized carbons (Fsp3) is 0.312. The van der Waals surface area contributed by atoms with Gasteiger partial charge >= 0.3 is 6.03 Å². The molecule has 0 spiro atoms. The van der Waals surface area contributed by atoms with Gasteiger partial charge < -0.3 is 15.6 Å². The van der Waals surface area contributed by atoms with Crippen molar-refractivity contribution < 1.29 is 4.79 Å². The molecule has 1 aliphatic rings. The van der Waals surface area contributed by atoms with Gasteiger partial charge in [0.25, 0.3) is 0 Å². The third kappa shape index (κ3) is 3.79. The minimum absolute atomic E-state index is 0.00797. The van der Waals surface area contributed by atoms with Crippen LogP contribution in [0, 0.1) is 0 Å². The maximum atomic E-state index is 11.7. The van der Waals surface area contributed by atoms with E-state index in [4.69, 9.17) is 5.73 Å². The van der Waals surface area contributed by atoms with Crippen LogP contribution in [0.25, 0.3) is 0 Å². The monoisotopic (exact) mass is 440 g/mol. The number of rotatable bonds is 3. The van der Waals surface area contributed by atoms with Crippen molar-refractivity contribution >= 4 is 37.9 Å². The quantitative estimate of drug-likeness (QED) is 0.765. The second-order valence-electron chi connectivity index (χ2n) is 5.68. The van der Waals surface area contributed by atoms with Crippen LogP contribution in [-0.2, 0) is 6.54 Å². The lowest BCUT2D eigenvalue weighted by atomic mass is 10.1. The van der Waals surface area contributed by atoms with Gasteiger partial charge in [-0.3, -0.25) is 4.90 Å². The van der Waals surface area contributed by atoms with Crippen LogP contribution in [0.5, 0.6) is 0 Å². The van der Waals surface area contributed by atoms with E-state index in [1.54, 1.807) is 4.90 Å². The number of aromatic nitrogens is 1. The van der Waals surface area contributed by atoms with Crippen molar-refractivity contribution in [3.8, 4) is 0 Å². The molecule has 2 heterocycles. The summed E-state index contributed by atoms with van der Waals surface area (Å²) in [6.07, 6.45) is 3.81. The van der Waals surface area contributed by atoms with Crippen molar-refractivity contribution in [2.45, 2.75) is 12.6 Å². The summed E-state index contributed by atoms with van der Waals surface area (Å²) in [4.78, 5) is 18.9. The smallest absolute Gasteiger partial charge is 0.315 e. The maximum absolute atomic E-state index is 11.7. The van der Waals surface area contributed by atoms with E-state index in [1.807, 2.05) is 24.5 Å². The number of amides is 2. The fourth-order valence-electron chi connectivity index (χ4n) is 2.97. The first kappa shape index (κ1) is 16.5. The van der Waals surface area contributed by atoms with Crippen LogP contribution in [0.15, 0.2) is 45.6 Å². The van der Waals surface area contributed by atoms with Crippen molar-refractivity contribution in [3.63, 3.8) is 0 Å². The topological polar surface area (TPSA) is 65.4 Å². The van der Waals surface area contributed by atoms with E-state index >= 15 is 0 Å². The van der Waals surface area contributed by atoms with Gasteiger partial charge in [0.1, 0.15) is 0 Å². The highest BCUT2D eigenvalue weighted by Crippen LogP contribution is 2.28. The number of primary amides is 1. The van der Waals surface area contributed by atoms with E-state index in [0.717, 1.165) is 34.1 Å². The number of hydrogen-bond donors (Lipinski definition) is 2. The molecule has 1 aromatic heterocycles. The van der Waals surface area contributed by atoms with Gasteiger partial charge in [0.15, 0.2) is 0 Å². The Balaban J connectivity index is 1.75. The van der Waals surface area contributed by atoms with Crippen LogP contribution in [0.2, 0.25) is 0 Å². The number of halogens is 2. The summed E-state index contributed by atoms with van der Waals surface area (Å²) in [5, 5.41) is 0. The first-order valence-electron chi connectivity index (χ1n) is 7.39. The molecule has 0 aliphatic carbocycles. The number of benzene rings is 1. The Bertz CT molecular complexity index is 689. The molecule has 0 radical (unpaired) electrons. The van der Waals surface area contributed by atoms with Gasteiger partial charge in [0, 0.05) is 47.5 Å². The van der Waals surface area contributed by atoms with Crippen molar-refractivity contribution in [2.75, 3.05) is 19.6 Å². The van der Waals surface area contributed by atoms with Crippen molar-refractivity contribution in [1.29, 1.82) is 0 Å². The third-order valence-corrected chi connectivity index (χ3v) is 6.02. The fourth-order valence-corrected chi connectivity index (χ4v) is 3.65. The van der Waals surface area contributed by atoms with Crippen molar-refractivity contribution in [3.05, 3.63) is 56.7 Å². The zero-order valence-electron chi connectivity index (χ0n) is 12.5. The van der Waals surface area contributed by atoms with Crippen LogP contribution in [-0.4, -0.2) is 40.4 Å². The molecule has 2 amide bonds. The van der Waals surface area contributed by atoms with Gasteiger partial charge in [-0.05, 0) is 61.2 Å². The highest BCUT2D eigenvalue weighted by Gasteiger charge is 2.30. The minimum Gasteiger partial charge on any atom is -0.367 e. The average Bonchev–Trinajstić information content (AvgIpc) is 3.05. The standard InChI is InChI=1S/C16H18Br2N4O/c17-13-2-1-11(7-14(13)18)9-21-5-6-22(16(19)23)15(10-21)12-3-4-20-8-12/h1-4,7-8,15,20H,5-6,9-10H2,(H2,19,23). The molecule has 7 heteroatoms.